The van der Waals surface area contributed by atoms with Gasteiger partial charge in [-0.2, -0.15) is 0 Å². The van der Waals surface area contributed by atoms with Gasteiger partial charge in [-0.05, 0) is 29.7 Å². The molecule has 2 N–H and O–H groups in total. The number of rotatable bonds is 10. The van der Waals surface area contributed by atoms with E-state index in [0.717, 1.165) is 16.9 Å². The molecule has 0 aliphatic heterocycles. The molecule has 2 rings (SSSR count). The molecular formula is C21H26F2N2O3. The van der Waals surface area contributed by atoms with E-state index in [0.29, 0.717) is 24.8 Å². The molecule has 0 saturated heterocycles. The fourth-order valence-corrected chi connectivity index (χ4v) is 2.37. The highest BCUT2D eigenvalue weighted by molar-refractivity contribution is 5.73. The zero-order chi connectivity index (χ0) is 20.4. The van der Waals surface area contributed by atoms with Gasteiger partial charge in [-0.1, -0.05) is 44.2 Å². The quantitative estimate of drug-likeness (QED) is 0.631. The van der Waals surface area contributed by atoms with Crippen LogP contribution in [0.4, 0.5) is 13.6 Å². The Morgan fingerprint density at radius 1 is 0.964 bits per heavy atom. The molecule has 0 saturated carbocycles. The van der Waals surface area contributed by atoms with Crippen molar-refractivity contribution in [3.05, 3.63) is 59.7 Å². The van der Waals surface area contributed by atoms with Crippen LogP contribution >= 0.6 is 0 Å². The van der Waals surface area contributed by atoms with Crippen LogP contribution in [0.2, 0.25) is 0 Å². The molecule has 0 radical (unpaired) electrons. The minimum Gasteiger partial charge on any atom is -0.493 e. The number of benzene rings is 2. The molecule has 0 fully saturated rings. The van der Waals surface area contributed by atoms with Gasteiger partial charge in [0, 0.05) is 18.7 Å². The fourth-order valence-electron chi connectivity index (χ4n) is 2.37. The van der Waals surface area contributed by atoms with Crippen LogP contribution in [0.3, 0.4) is 0 Å². The lowest BCUT2D eigenvalue weighted by molar-refractivity contribution is 0.0818. The van der Waals surface area contributed by atoms with Gasteiger partial charge in [0.15, 0.2) is 0 Å². The summed E-state index contributed by atoms with van der Waals surface area (Å²) < 4.78 is 35.2. The predicted molar refractivity (Wildman–Crippen MR) is 104 cm³/mol. The Balaban J connectivity index is 1.81. The minimum atomic E-state index is -2.53. The first-order chi connectivity index (χ1) is 13.4. The topological polar surface area (TPSA) is 59.6 Å². The third-order valence-corrected chi connectivity index (χ3v) is 3.71. The second-order valence-corrected chi connectivity index (χ2v) is 6.70. The largest absolute Gasteiger partial charge is 0.493 e. The number of para-hydroxylation sites is 1. The molecule has 0 atom stereocenters. The van der Waals surface area contributed by atoms with E-state index in [2.05, 4.69) is 24.5 Å². The van der Waals surface area contributed by atoms with Crippen LogP contribution in [0.15, 0.2) is 48.5 Å². The van der Waals surface area contributed by atoms with Crippen LogP contribution in [-0.4, -0.2) is 25.7 Å². The Morgan fingerprint density at radius 2 is 1.71 bits per heavy atom. The van der Waals surface area contributed by atoms with Crippen LogP contribution in [0.25, 0.3) is 0 Å². The second-order valence-electron chi connectivity index (χ2n) is 6.70. The fraction of sp³-hybridized carbons (Fsp3) is 0.381. The lowest BCUT2D eigenvalue weighted by Crippen LogP contribution is -2.34. The first kappa shape index (κ1) is 21.5. The van der Waals surface area contributed by atoms with Crippen molar-refractivity contribution in [2.75, 3.05) is 13.2 Å². The molecule has 0 unspecified atom stereocenters. The summed E-state index contributed by atoms with van der Waals surface area (Å²) >= 11 is 0. The SMILES string of the molecule is CC(C)COc1ccccc1CNC(=O)NCc1cccc(OCC(F)F)c1. The number of alkyl halides is 2. The standard InChI is InChI=1S/C21H26F2N2O3/c1-15(2)13-28-19-9-4-3-7-17(19)12-25-21(26)24-11-16-6-5-8-18(10-16)27-14-20(22)23/h3-10,15,20H,11-14H2,1-2H3,(H2,24,25,26). The van der Waals surface area contributed by atoms with Gasteiger partial charge < -0.3 is 20.1 Å². The molecule has 5 nitrogen and oxygen atoms in total. The van der Waals surface area contributed by atoms with E-state index in [1.54, 1.807) is 24.3 Å². The number of halogens is 2. The molecule has 28 heavy (non-hydrogen) atoms. The van der Waals surface area contributed by atoms with Crippen LogP contribution < -0.4 is 20.1 Å². The summed E-state index contributed by atoms with van der Waals surface area (Å²) in [5, 5.41) is 5.53. The molecule has 0 bridgehead atoms. The summed E-state index contributed by atoms with van der Waals surface area (Å²) in [6.07, 6.45) is -2.53. The first-order valence-corrected chi connectivity index (χ1v) is 9.16. The normalized spacial score (nSPS) is 10.8. The third kappa shape index (κ3) is 7.82. The number of nitrogens with one attached hydrogen (secondary N) is 2. The van der Waals surface area contributed by atoms with Crippen LogP contribution in [0, 0.1) is 5.92 Å². The van der Waals surface area contributed by atoms with Gasteiger partial charge >= 0.3 is 6.03 Å². The zero-order valence-corrected chi connectivity index (χ0v) is 16.1. The van der Waals surface area contributed by atoms with Gasteiger partial charge in [-0.15, -0.1) is 0 Å². The lowest BCUT2D eigenvalue weighted by Gasteiger charge is -2.14. The van der Waals surface area contributed by atoms with Crippen LogP contribution in [0.5, 0.6) is 11.5 Å². The molecule has 2 aromatic rings. The maximum atomic E-state index is 12.2. The molecule has 0 aromatic heterocycles. The number of ether oxygens (including phenoxy) is 2. The average Bonchev–Trinajstić information content (AvgIpc) is 2.68. The van der Waals surface area contributed by atoms with Crippen LogP contribution in [0.1, 0.15) is 25.0 Å². The molecule has 2 amide bonds. The summed E-state index contributed by atoms with van der Waals surface area (Å²) in [6, 6.07) is 13.9. The predicted octanol–water partition coefficient (Wildman–Crippen LogP) is 4.36. The van der Waals surface area contributed by atoms with Gasteiger partial charge in [0.2, 0.25) is 0 Å². The summed E-state index contributed by atoms with van der Waals surface area (Å²) in [5.41, 5.74) is 1.64. The molecule has 0 aliphatic carbocycles. The minimum absolute atomic E-state index is 0.253. The van der Waals surface area contributed by atoms with Crippen molar-refractivity contribution in [1.29, 1.82) is 0 Å². The van der Waals surface area contributed by atoms with Gasteiger partial charge in [-0.25, -0.2) is 13.6 Å². The maximum Gasteiger partial charge on any atom is 0.315 e. The molecule has 0 spiro atoms. The van der Waals surface area contributed by atoms with E-state index >= 15 is 0 Å². The molecule has 152 valence electrons. The Bertz CT molecular complexity index is 754. The van der Waals surface area contributed by atoms with Crippen molar-refractivity contribution in [3.63, 3.8) is 0 Å². The maximum absolute atomic E-state index is 12.2. The van der Waals surface area contributed by atoms with Gasteiger partial charge in [0.25, 0.3) is 6.43 Å². The van der Waals surface area contributed by atoms with E-state index in [-0.39, 0.29) is 12.6 Å². The summed E-state index contributed by atoms with van der Waals surface area (Å²) in [7, 11) is 0. The van der Waals surface area contributed by atoms with Crippen LogP contribution in [-0.2, 0) is 13.1 Å². The van der Waals surface area contributed by atoms with Crippen molar-refractivity contribution < 1.29 is 23.0 Å². The van der Waals surface area contributed by atoms with Crippen molar-refractivity contribution in [2.45, 2.75) is 33.4 Å². The number of urea groups is 1. The number of amides is 2. The Labute approximate surface area is 164 Å². The lowest BCUT2D eigenvalue weighted by atomic mass is 10.2. The molecule has 2 aromatic carbocycles. The molecule has 0 heterocycles. The van der Waals surface area contributed by atoms with E-state index in [9.17, 15) is 13.6 Å². The van der Waals surface area contributed by atoms with E-state index in [1.807, 2.05) is 24.3 Å². The van der Waals surface area contributed by atoms with Crippen molar-refractivity contribution >= 4 is 6.03 Å². The van der Waals surface area contributed by atoms with Crippen molar-refractivity contribution in [2.24, 2.45) is 5.92 Å². The molecule has 7 heteroatoms. The van der Waals surface area contributed by atoms with E-state index in [4.69, 9.17) is 9.47 Å². The molecular weight excluding hydrogens is 366 g/mol. The Morgan fingerprint density at radius 3 is 2.46 bits per heavy atom. The average molecular weight is 392 g/mol. The van der Waals surface area contributed by atoms with Gasteiger partial charge in [0.05, 0.1) is 6.61 Å². The highest BCUT2D eigenvalue weighted by atomic mass is 19.3. The zero-order valence-electron chi connectivity index (χ0n) is 16.1. The van der Waals surface area contributed by atoms with Crippen molar-refractivity contribution in [3.8, 4) is 11.5 Å². The van der Waals surface area contributed by atoms with Gasteiger partial charge in [0.1, 0.15) is 18.1 Å². The third-order valence-electron chi connectivity index (χ3n) is 3.71. The Kier molecular flexibility index (Phi) is 8.52. The highest BCUT2D eigenvalue weighted by Crippen LogP contribution is 2.18. The van der Waals surface area contributed by atoms with Crippen molar-refractivity contribution in [1.82, 2.24) is 10.6 Å². The summed E-state index contributed by atoms with van der Waals surface area (Å²) in [4.78, 5) is 12.1. The highest BCUT2D eigenvalue weighted by Gasteiger charge is 2.08. The number of hydrogen-bond acceptors (Lipinski definition) is 3. The molecule has 0 aliphatic rings. The summed E-state index contributed by atoms with van der Waals surface area (Å²) in [5.74, 6) is 1.50. The van der Waals surface area contributed by atoms with Gasteiger partial charge in [-0.3, -0.25) is 0 Å². The number of carbonyl (C=O) groups excluding carboxylic acids is 1. The van der Waals surface area contributed by atoms with E-state index < -0.39 is 13.0 Å². The number of hydrogen-bond donors (Lipinski definition) is 2. The summed E-state index contributed by atoms with van der Waals surface area (Å²) in [6.45, 7) is 4.67. The Hall–Kier alpha value is -2.83. The first-order valence-electron chi connectivity index (χ1n) is 9.16. The second kappa shape index (κ2) is 11.1. The monoisotopic (exact) mass is 392 g/mol. The van der Waals surface area contributed by atoms with E-state index in [1.165, 1.54) is 0 Å². The smallest absolute Gasteiger partial charge is 0.315 e. The number of carbonyl (C=O) groups is 1.